The number of halogens is 2. The van der Waals surface area contributed by atoms with E-state index in [1.807, 2.05) is 42.8 Å². The Labute approximate surface area is 132 Å². The highest BCUT2D eigenvalue weighted by Gasteiger charge is 2.19. The van der Waals surface area contributed by atoms with Crippen molar-refractivity contribution in [1.29, 1.82) is 0 Å². The number of aliphatic hydroxyl groups is 1. The zero-order valence-electron chi connectivity index (χ0n) is 11.6. The van der Waals surface area contributed by atoms with Gasteiger partial charge in [0.05, 0.1) is 23.0 Å². The molecule has 0 fully saturated rings. The van der Waals surface area contributed by atoms with Gasteiger partial charge in [-0.05, 0) is 38.0 Å². The molecule has 0 radical (unpaired) electrons. The third kappa shape index (κ3) is 3.25. The molecule has 3 nitrogen and oxygen atoms in total. The topological polar surface area (TPSA) is 38.0 Å². The summed E-state index contributed by atoms with van der Waals surface area (Å²) in [5.74, 6) is 0.0198. The molecule has 0 aliphatic heterocycles. The number of aliphatic hydroxyl groups excluding tert-OH is 1. The van der Waals surface area contributed by atoms with Gasteiger partial charge >= 0.3 is 0 Å². The second-order valence-corrected chi connectivity index (χ2v) is 6.09. The van der Waals surface area contributed by atoms with Crippen molar-refractivity contribution >= 4 is 27.5 Å². The maximum atomic E-state index is 9.70. The van der Waals surface area contributed by atoms with Crippen molar-refractivity contribution in [2.24, 2.45) is 0 Å². The summed E-state index contributed by atoms with van der Waals surface area (Å²) in [4.78, 5) is 0. The molecule has 0 aliphatic carbocycles. The van der Waals surface area contributed by atoms with E-state index in [0.717, 1.165) is 28.0 Å². The van der Waals surface area contributed by atoms with Crippen molar-refractivity contribution in [3.05, 3.63) is 50.7 Å². The SMILES string of the molecule is CCn1nc(C)c(Cl)c1CC(CO)c1cccc(Br)c1. The Morgan fingerprint density at radius 1 is 1.45 bits per heavy atom. The Morgan fingerprint density at radius 2 is 2.20 bits per heavy atom. The van der Waals surface area contributed by atoms with E-state index >= 15 is 0 Å². The van der Waals surface area contributed by atoms with Crippen LogP contribution in [0.2, 0.25) is 5.02 Å². The fourth-order valence-corrected chi connectivity index (χ4v) is 2.98. The zero-order chi connectivity index (χ0) is 14.7. The number of aryl methyl sites for hydroxylation is 2. The Hall–Kier alpha value is -0.840. The molecule has 1 heterocycles. The molecule has 1 aromatic carbocycles. The van der Waals surface area contributed by atoms with Crippen molar-refractivity contribution in [2.75, 3.05) is 6.61 Å². The first-order valence-corrected chi connectivity index (χ1v) is 7.82. The number of benzene rings is 1. The summed E-state index contributed by atoms with van der Waals surface area (Å²) >= 11 is 9.80. The van der Waals surface area contributed by atoms with Crippen LogP contribution in [-0.4, -0.2) is 21.5 Å². The summed E-state index contributed by atoms with van der Waals surface area (Å²) in [7, 11) is 0. The van der Waals surface area contributed by atoms with Crippen LogP contribution in [-0.2, 0) is 13.0 Å². The second-order valence-electron chi connectivity index (χ2n) is 4.80. The van der Waals surface area contributed by atoms with E-state index in [1.165, 1.54) is 0 Å². The second kappa shape index (κ2) is 6.74. The quantitative estimate of drug-likeness (QED) is 0.880. The lowest BCUT2D eigenvalue weighted by Gasteiger charge is -2.16. The van der Waals surface area contributed by atoms with Gasteiger partial charge in [0.15, 0.2) is 0 Å². The van der Waals surface area contributed by atoms with Gasteiger partial charge in [-0.2, -0.15) is 5.10 Å². The van der Waals surface area contributed by atoms with E-state index in [1.54, 1.807) is 0 Å². The molecule has 1 atom stereocenters. The average molecular weight is 358 g/mol. The van der Waals surface area contributed by atoms with Crippen molar-refractivity contribution < 1.29 is 5.11 Å². The number of hydrogen-bond acceptors (Lipinski definition) is 2. The molecule has 0 amide bonds. The van der Waals surface area contributed by atoms with Gasteiger partial charge in [-0.1, -0.05) is 39.7 Å². The van der Waals surface area contributed by atoms with E-state index in [0.29, 0.717) is 11.4 Å². The van der Waals surface area contributed by atoms with Crippen LogP contribution in [0.3, 0.4) is 0 Å². The average Bonchev–Trinajstić information content (AvgIpc) is 2.71. The van der Waals surface area contributed by atoms with Crippen molar-refractivity contribution in [3.63, 3.8) is 0 Å². The Kier molecular flexibility index (Phi) is 5.24. The monoisotopic (exact) mass is 356 g/mol. The minimum Gasteiger partial charge on any atom is -0.396 e. The molecule has 20 heavy (non-hydrogen) atoms. The van der Waals surface area contributed by atoms with Crippen molar-refractivity contribution in [3.8, 4) is 0 Å². The summed E-state index contributed by atoms with van der Waals surface area (Å²) in [5, 5.41) is 14.8. The van der Waals surface area contributed by atoms with Gasteiger partial charge < -0.3 is 5.11 Å². The largest absolute Gasteiger partial charge is 0.396 e. The summed E-state index contributed by atoms with van der Waals surface area (Å²) in [6.07, 6.45) is 0.681. The number of aromatic nitrogens is 2. The predicted octanol–water partition coefficient (Wildman–Crippen LogP) is 3.95. The standard InChI is InChI=1S/C15H18BrClN2O/c1-3-19-14(15(17)10(2)18-19)8-12(9-20)11-5-4-6-13(16)7-11/h4-7,12,20H,3,8-9H2,1-2H3. The normalized spacial score (nSPS) is 12.7. The molecule has 0 saturated carbocycles. The minimum atomic E-state index is 0.0198. The Bertz CT molecular complexity index is 598. The van der Waals surface area contributed by atoms with Crippen LogP contribution in [0.1, 0.15) is 29.8 Å². The van der Waals surface area contributed by atoms with Crippen LogP contribution in [0.15, 0.2) is 28.7 Å². The van der Waals surface area contributed by atoms with Gasteiger partial charge in [-0.3, -0.25) is 4.68 Å². The van der Waals surface area contributed by atoms with Crippen molar-refractivity contribution in [1.82, 2.24) is 9.78 Å². The van der Waals surface area contributed by atoms with Crippen molar-refractivity contribution in [2.45, 2.75) is 32.7 Å². The number of nitrogens with zero attached hydrogens (tertiary/aromatic N) is 2. The van der Waals surface area contributed by atoms with Crippen LogP contribution in [0.5, 0.6) is 0 Å². The van der Waals surface area contributed by atoms with E-state index in [2.05, 4.69) is 21.0 Å². The molecule has 0 aliphatic rings. The Morgan fingerprint density at radius 3 is 2.80 bits per heavy atom. The van der Waals surface area contributed by atoms with E-state index in [9.17, 15) is 5.11 Å². The molecule has 5 heteroatoms. The summed E-state index contributed by atoms with van der Waals surface area (Å²) < 4.78 is 2.93. The fraction of sp³-hybridized carbons (Fsp3) is 0.400. The molecule has 108 valence electrons. The van der Waals surface area contributed by atoms with Crippen LogP contribution in [0.4, 0.5) is 0 Å². The van der Waals surface area contributed by atoms with Crippen LogP contribution < -0.4 is 0 Å². The first-order chi connectivity index (χ1) is 9.56. The molecule has 0 spiro atoms. The molecular weight excluding hydrogens is 340 g/mol. The van der Waals surface area contributed by atoms with Gasteiger partial charge in [0.25, 0.3) is 0 Å². The molecule has 1 unspecified atom stereocenters. The van der Waals surface area contributed by atoms with Gasteiger partial charge in [-0.15, -0.1) is 0 Å². The molecule has 0 saturated heterocycles. The lowest BCUT2D eigenvalue weighted by Crippen LogP contribution is -2.12. The third-order valence-electron chi connectivity index (χ3n) is 3.43. The lowest BCUT2D eigenvalue weighted by molar-refractivity contribution is 0.262. The molecule has 2 aromatic rings. The number of rotatable bonds is 5. The molecular formula is C15H18BrClN2O. The maximum absolute atomic E-state index is 9.70. The predicted molar refractivity (Wildman–Crippen MR) is 85.3 cm³/mol. The Balaban J connectivity index is 2.31. The summed E-state index contributed by atoms with van der Waals surface area (Å²) in [5.41, 5.74) is 2.93. The summed E-state index contributed by atoms with van der Waals surface area (Å²) in [6, 6.07) is 8.02. The zero-order valence-corrected chi connectivity index (χ0v) is 13.9. The summed E-state index contributed by atoms with van der Waals surface area (Å²) in [6.45, 7) is 4.81. The van der Waals surface area contributed by atoms with Gasteiger partial charge in [-0.25, -0.2) is 0 Å². The highest BCUT2D eigenvalue weighted by Crippen LogP contribution is 2.28. The smallest absolute Gasteiger partial charge is 0.0847 e. The molecule has 1 N–H and O–H groups in total. The highest BCUT2D eigenvalue weighted by atomic mass is 79.9. The molecule has 1 aromatic heterocycles. The highest BCUT2D eigenvalue weighted by molar-refractivity contribution is 9.10. The van der Waals surface area contributed by atoms with Crippen LogP contribution >= 0.6 is 27.5 Å². The minimum absolute atomic E-state index is 0.0198. The maximum Gasteiger partial charge on any atom is 0.0847 e. The lowest BCUT2D eigenvalue weighted by atomic mass is 9.95. The first-order valence-electron chi connectivity index (χ1n) is 6.64. The number of hydrogen-bond donors (Lipinski definition) is 1. The van der Waals surface area contributed by atoms with E-state index in [-0.39, 0.29) is 12.5 Å². The van der Waals surface area contributed by atoms with Gasteiger partial charge in [0, 0.05) is 16.9 Å². The molecule has 2 rings (SSSR count). The molecule has 0 bridgehead atoms. The van der Waals surface area contributed by atoms with Crippen LogP contribution in [0, 0.1) is 6.92 Å². The third-order valence-corrected chi connectivity index (χ3v) is 4.42. The van der Waals surface area contributed by atoms with E-state index < -0.39 is 0 Å². The van der Waals surface area contributed by atoms with Gasteiger partial charge in [0.2, 0.25) is 0 Å². The first kappa shape index (κ1) is 15.5. The van der Waals surface area contributed by atoms with E-state index in [4.69, 9.17) is 11.6 Å². The fourth-order valence-electron chi connectivity index (χ4n) is 2.35. The van der Waals surface area contributed by atoms with Gasteiger partial charge in [0.1, 0.15) is 0 Å². The van der Waals surface area contributed by atoms with Crippen LogP contribution in [0.25, 0.3) is 0 Å².